The summed E-state index contributed by atoms with van der Waals surface area (Å²) in [7, 11) is 0. The van der Waals surface area contributed by atoms with Crippen molar-refractivity contribution < 1.29 is 4.42 Å². The van der Waals surface area contributed by atoms with E-state index < -0.39 is 0 Å². The summed E-state index contributed by atoms with van der Waals surface area (Å²) in [5.74, 6) is 0.790. The van der Waals surface area contributed by atoms with E-state index in [-0.39, 0.29) is 11.3 Å². The minimum Gasteiger partial charge on any atom is -0.454 e. The quantitative estimate of drug-likeness (QED) is 0.159. The Morgan fingerprint density at radius 3 is 2.08 bits per heavy atom. The summed E-state index contributed by atoms with van der Waals surface area (Å²) in [4.78, 5) is 2.54. The highest BCUT2D eigenvalue weighted by atomic mass is 16.3. The lowest BCUT2D eigenvalue weighted by Crippen LogP contribution is -2.36. The number of para-hydroxylation sites is 2. The third-order valence-electron chi connectivity index (χ3n) is 14.8. The standard InChI is InChI=1S/C61H51NO/c1-40-34-39-51-49-25-11-14-33-56(49)63-60(51)59(40)62(55-32-13-10-24-48(55)50-29-16-21-43-20-15-27-46(57(43)50)41-18-5-3-6-19-41)45-37-35-42(36-38-45)47-28-17-31-54-58(47)52-26-9-12-30-53(52)61(54,2)44-22-7-4-8-23-44/h4,7-17,20-33,35-41H,3,5-6,18-19,34H2,1-2H3. The monoisotopic (exact) mass is 813 g/mol. The molecule has 0 amide bonds. The van der Waals surface area contributed by atoms with E-state index in [4.69, 9.17) is 4.42 Å². The van der Waals surface area contributed by atoms with Crippen LogP contribution in [0.25, 0.3) is 66.9 Å². The van der Waals surface area contributed by atoms with Crippen molar-refractivity contribution in [3.05, 3.63) is 215 Å². The van der Waals surface area contributed by atoms with E-state index in [1.54, 1.807) is 0 Å². The van der Waals surface area contributed by atoms with E-state index in [9.17, 15) is 0 Å². The lowest BCUT2D eigenvalue weighted by Gasteiger charge is -2.33. The van der Waals surface area contributed by atoms with Crippen LogP contribution in [0.15, 0.2) is 186 Å². The molecule has 8 aromatic carbocycles. The molecule has 3 aliphatic carbocycles. The molecule has 12 rings (SSSR count). The third kappa shape index (κ3) is 5.99. The SMILES string of the molecule is CC1CC=c2c(oc3ccccc23)=C1N(c1ccc(-c2cccc3c2-c2ccccc2C3(C)c2ccccc2)cc1)c1ccccc1-c1cccc2cccc(C3CCCCC3)c12. The highest BCUT2D eigenvalue weighted by Gasteiger charge is 2.41. The summed E-state index contributed by atoms with van der Waals surface area (Å²) in [6, 6.07) is 67.9. The second-order valence-corrected chi connectivity index (χ2v) is 18.3. The van der Waals surface area contributed by atoms with Crippen LogP contribution in [0.2, 0.25) is 0 Å². The Labute approximate surface area is 370 Å². The zero-order valence-corrected chi connectivity index (χ0v) is 36.2. The van der Waals surface area contributed by atoms with Gasteiger partial charge in [-0.15, -0.1) is 0 Å². The van der Waals surface area contributed by atoms with Gasteiger partial charge in [-0.2, -0.15) is 0 Å². The number of hydrogen-bond donors (Lipinski definition) is 0. The van der Waals surface area contributed by atoms with Crippen LogP contribution >= 0.6 is 0 Å². The lowest BCUT2D eigenvalue weighted by atomic mass is 9.74. The van der Waals surface area contributed by atoms with Crippen LogP contribution in [0.4, 0.5) is 11.4 Å². The predicted molar refractivity (Wildman–Crippen MR) is 264 cm³/mol. The third-order valence-corrected chi connectivity index (χ3v) is 14.8. The van der Waals surface area contributed by atoms with Crippen LogP contribution in [-0.4, -0.2) is 0 Å². The molecule has 2 nitrogen and oxygen atoms in total. The van der Waals surface area contributed by atoms with Crippen molar-refractivity contribution in [2.75, 3.05) is 4.90 Å². The van der Waals surface area contributed by atoms with E-state index >= 15 is 0 Å². The Hall–Kier alpha value is -6.90. The average molecular weight is 814 g/mol. The molecule has 2 unspecified atom stereocenters. The second kappa shape index (κ2) is 15.2. The molecule has 9 aromatic rings. The summed E-state index contributed by atoms with van der Waals surface area (Å²) in [6.45, 7) is 4.76. The van der Waals surface area contributed by atoms with Gasteiger partial charge in [0.1, 0.15) is 5.58 Å². The summed E-state index contributed by atoms with van der Waals surface area (Å²) < 4.78 is 6.93. The Morgan fingerprint density at radius 2 is 1.24 bits per heavy atom. The molecule has 1 aromatic heterocycles. The van der Waals surface area contributed by atoms with Crippen LogP contribution in [0.3, 0.4) is 0 Å². The van der Waals surface area contributed by atoms with Crippen LogP contribution in [0.1, 0.15) is 80.5 Å². The minimum absolute atomic E-state index is 0.209. The van der Waals surface area contributed by atoms with Crippen LogP contribution < -0.4 is 15.5 Å². The normalized spacial score (nSPS) is 18.2. The Morgan fingerprint density at radius 1 is 0.571 bits per heavy atom. The summed E-state index contributed by atoms with van der Waals surface area (Å²) in [5.41, 5.74) is 18.3. The number of nitrogens with zero attached hydrogens (tertiary/aromatic N) is 1. The molecule has 1 fully saturated rings. The van der Waals surface area contributed by atoms with Crippen LogP contribution in [-0.2, 0) is 5.41 Å². The van der Waals surface area contributed by atoms with Gasteiger partial charge in [-0.1, -0.05) is 190 Å². The molecule has 0 spiro atoms. The van der Waals surface area contributed by atoms with E-state index in [2.05, 4.69) is 207 Å². The first-order valence-electron chi connectivity index (χ1n) is 23.1. The molecule has 63 heavy (non-hydrogen) atoms. The average Bonchev–Trinajstić information content (AvgIpc) is 3.86. The topological polar surface area (TPSA) is 16.4 Å². The molecule has 2 heteroatoms. The van der Waals surface area contributed by atoms with Gasteiger partial charge in [-0.3, -0.25) is 0 Å². The smallest absolute Gasteiger partial charge is 0.155 e. The molecule has 0 aliphatic heterocycles. The van der Waals surface area contributed by atoms with Gasteiger partial charge in [0.05, 0.1) is 11.4 Å². The van der Waals surface area contributed by atoms with Crippen molar-refractivity contribution in [2.45, 2.75) is 63.7 Å². The molecule has 0 saturated heterocycles. The molecule has 2 atom stereocenters. The fraction of sp³-hybridized carbons (Fsp3) is 0.180. The fourth-order valence-electron chi connectivity index (χ4n) is 11.7. The summed E-state index contributed by atoms with van der Waals surface area (Å²) in [6.07, 6.45) is 9.80. The van der Waals surface area contributed by atoms with Crippen molar-refractivity contribution in [1.29, 1.82) is 0 Å². The Kier molecular flexibility index (Phi) is 9.11. The first-order valence-corrected chi connectivity index (χ1v) is 23.1. The fourth-order valence-corrected chi connectivity index (χ4v) is 11.7. The molecule has 3 aliphatic rings. The van der Waals surface area contributed by atoms with E-state index in [1.807, 2.05) is 0 Å². The maximum atomic E-state index is 6.93. The highest BCUT2D eigenvalue weighted by molar-refractivity contribution is 6.04. The van der Waals surface area contributed by atoms with Gasteiger partial charge < -0.3 is 9.32 Å². The lowest BCUT2D eigenvalue weighted by molar-refractivity contribution is 0.445. The molecule has 1 saturated carbocycles. The van der Waals surface area contributed by atoms with Gasteiger partial charge in [0, 0.05) is 33.2 Å². The van der Waals surface area contributed by atoms with Crippen molar-refractivity contribution in [2.24, 2.45) is 5.92 Å². The number of anilines is 2. The largest absolute Gasteiger partial charge is 0.454 e. The molecule has 306 valence electrons. The number of fused-ring (bicyclic) bond motifs is 7. The van der Waals surface area contributed by atoms with E-state index in [0.29, 0.717) is 5.92 Å². The maximum absolute atomic E-state index is 6.93. The van der Waals surface area contributed by atoms with Gasteiger partial charge in [0.15, 0.2) is 5.42 Å². The van der Waals surface area contributed by atoms with Gasteiger partial charge in [0.25, 0.3) is 0 Å². The predicted octanol–water partition coefficient (Wildman–Crippen LogP) is 15.1. The molecular weight excluding hydrogens is 763 g/mol. The Bertz CT molecular complexity index is 3330. The first-order chi connectivity index (χ1) is 31.1. The van der Waals surface area contributed by atoms with Crippen molar-refractivity contribution in [1.82, 2.24) is 0 Å². The van der Waals surface area contributed by atoms with Crippen molar-refractivity contribution in [3.8, 4) is 33.4 Å². The van der Waals surface area contributed by atoms with Crippen molar-refractivity contribution in [3.63, 3.8) is 0 Å². The molecule has 0 radical (unpaired) electrons. The molecule has 1 heterocycles. The summed E-state index contributed by atoms with van der Waals surface area (Å²) in [5, 5.41) is 5.08. The zero-order chi connectivity index (χ0) is 42.1. The minimum atomic E-state index is -0.253. The molecular formula is C61H51NO. The maximum Gasteiger partial charge on any atom is 0.155 e. The first kappa shape index (κ1) is 37.8. The number of hydrogen-bond acceptors (Lipinski definition) is 2. The van der Waals surface area contributed by atoms with Crippen LogP contribution in [0.5, 0.6) is 0 Å². The number of rotatable bonds is 7. The zero-order valence-electron chi connectivity index (χ0n) is 36.2. The van der Waals surface area contributed by atoms with E-state index in [0.717, 1.165) is 23.1 Å². The number of benzene rings is 8. The highest BCUT2D eigenvalue weighted by Crippen LogP contribution is 2.55. The summed E-state index contributed by atoms with van der Waals surface area (Å²) >= 11 is 0. The van der Waals surface area contributed by atoms with Gasteiger partial charge in [-0.05, 0) is 117 Å². The van der Waals surface area contributed by atoms with E-state index in [1.165, 1.54) is 121 Å². The van der Waals surface area contributed by atoms with Gasteiger partial charge in [-0.25, -0.2) is 0 Å². The van der Waals surface area contributed by atoms with Gasteiger partial charge >= 0.3 is 0 Å². The van der Waals surface area contributed by atoms with Crippen molar-refractivity contribution >= 4 is 44.9 Å². The van der Waals surface area contributed by atoms with Crippen LogP contribution in [0, 0.1) is 5.92 Å². The second-order valence-electron chi connectivity index (χ2n) is 18.3. The molecule has 0 bridgehead atoms. The molecule has 0 N–H and O–H groups in total. The van der Waals surface area contributed by atoms with Gasteiger partial charge in [0.2, 0.25) is 0 Å². The Balaban J connectivity index is 1.07. The number of furan rings is 1.